The van der Waals surface area contributed by atoms with Crippen LogP contribution in [0.5, 0.6) is 11.5 Å². The van der Waals surface area contributed by atoms with Gasteiger partial charge in [0.05, 0.1) is 12.7 Å². The predicted octanol–water partition coefficient (Wildman–Crippen LogP) is 2.08. The second-order valence-corrected chi connectivity index (χ2v) is 6.13. The number of ether oxygens (including phenoxy) is 2. The molecular weight excluding hydrogens is 320 g/mol. The summed E-state index contributed by atoms with van der Waals surface area (Å²) in [7, 11) is 3.27. The van der Waals surface area contributed by atoms with Gasteiger partial charge in [0.2, 0.25) is 5.56 Å². The van der Waals surface area contributed by atoms with Crippen molar-refractivity contribution in [1.82, 2.24) is 9.47 Å². The quantitative estimate of drug-likeness (QED) is 0.853. The highest BCUT2D eigenvalue weighted by molar-refractivity contribution is 5.93. The molecular formula is C19H22N2O4. The number of aryl methyl sites for hydroxylation is 1. The fourth-order valence-corrected chi connectivity index (χ4v) is 2.98. The van der Waals surface area contributed by atoms with Gasteiger partial charge in [-0.3, -0.25) is 9.59 Å². The van der Waals surface area contributed by atoms with Gasteiger partial charge >= 0.3 is 0 Å². The first-order chi connectivity index (χ1) is 12.1. The molecule has 1 amide bonds. The van der Waals surface area contributed by atoms with Crippen molar-refractivity contribution in [2.45, 2.75) is 18.9 Å². The molecule has 0 bridgehead atoms. The molecule has 0 unspecified atom stereocenters. The van der Waals surface area contributed by atoms with Crippen LogP contribution in [0.2, 0.25) is 0 Å². The Balaban J connectivity index is 1.60. The summed E-state index contributed by atoms with van der Waals surface area (Å²) in [4.78, 5) is 25.8. The van der Waals surface area contributed by atoms with Crippen molar-refractivity contribution in [2.75, 3.05) is 20.2 Å². The standard InChI is InChI=1S/C19H22N2O4/c1-20-13-14(7-8-18(20)22)19(23)21-11-9-15(10-12-21)25-17-6-4-3-5-16(17)24-2/h3-8,13,15H,9-12H2,1-2H3. The molecule has 3 rings (SSSR count). The number of carbonyl (C=O) groups is 1. The summed E-state index contributed by atoms with van der Waals surface area (Å²) in [6.45, 7) is 1.25. The Morgan fingerprint density at radius 2 is 1.76 bits per heavy atom. The molecule has 132 valence electrons. The Kier molecular flexibility index (Phi) is 5.07. The molecule has 0 spiro atoms. The number of piperidine rings is 1. The number of carbonyl (C=O) groups excluding carboxylic acids is 1. The van der Waals surface area contributed by atoms with Gasteiger partial charge in [0.25, 0.3) is 5.91 Å². The lowest BCUT2D eigenvalue weighted by Gasteiger charge is -2.32. The smallest absolute Gasteiger partial charge is 0.255 e. The summed E-state index contributed by atoms with van der Waals surface area (Å²) in [6, 6.07) is 10.6. The number of rotatable bonds is 4. The topological polar surface area (TPSA) is 60.8 Å². The monoisotopic (exact) mass is 342 g/mol. The van der Waals surface area contributed by atoms with Crippen LogP contribution in [0.1, 0.15) is 23.2 Å². The molecule has 2 aromatic rings. The maximum atomic E-state index is 12.6. The molecule has 1 aliphatic rings. The minimum absolute atomic E-state index is 0.0497. The SMILES string of the molecule is COc1ccccc1OC1CCN(C(=O)c2ccc(=O)n(C)c2)CC1. The average Bonchev–Trinajstić information content (AvgIpc) is 2.64. The van der Waals surface area contributed by atoms with E-state index in [1.165, 1.54) is 10.6 Å². The third-order valence-corrected chi connectivity index (χ3v) is 4.42. The highest BCUT2D eigenvalue weighted by atomic mass is 16.5. The van der Waals surface area contributed by atoms with Crippen LogP contribution in [-0.4, -0.2) is 41.7 Å². The lowest BCUT2D eigenvalue weighted by Crippen LogP contribution is -2.42. The van der Waals surface area contributed by atoms with Gasteiger partial charge in [0.15, 0.2) is 11.5 Å². The van der Waals surface area contributed by atoms with Crippen molar-refractivity contribution in [2.24, 2.45) is 7.05 Å². The Morgan fingerprint density at radius 1 is 1.08 bits per heavy atom. The molecule has 25 heavy (non-hydrogen) atoms. The van der Waals surface area contributed by atoms with Crippen LogP contribution in [0.4, 0.5) is 0 Å². The Morgan fingerprint density at radius 3 is 2.40 bits per heavy atom. The first-order valence-corrected chi connectivity index (χ1v) is 8.34. The van der Waals surface area contributed by atoms with Crippen LogP contribution >= 0.6 is 0 Å². The van der Waals surface area contributed by atoms with E-state index < -0.39 is 0 Å². The van der Waals surface area contributed by atoms with E-state index in [2.05, 4.69) is 0 Å². The molecule has 0 atom stereocenters. The Hall–Kier alpha value is -2.76. The maximum absolute atomic E-state index is 12.6. The molecule has 0 N–H and O–H groups in total. The zero-order chi connectivity index (χ0) is 17.8. The number of hydrogen-bond acceptors (Lipinski definition) is 4. The summed E-state index contributed by atoms with van der Waals surface area (Å²) in [6.07, 6.45) is 3.16. The van der Waals surface area contributed by atoms with E-state index in [9.17, 15) is 9.59 Å². The van der Waals surface area contributed by atoms with Gasteiger partial charge in [-0.1, -0.05) is 12.1 Å². The molecule has 1 saturated heterocycles. The Labute approximate surface area is 146 Å². The maximum Gasteiger partial charge on any atom is 0.255 e. The van der Waals surface area contributed by atoms with Crippen molar-refractivity contribution >= 4 is 5.91 Å². The van der Waals surface area contributed by atoms with Crippen LogP contribution in [-0.2, 0) is 7.05 Å². The highest BCUT2D eigenvalue weighted by Crippen LogP contribution is 2.29. The summed E-state index contributed by atoms with van der Waals surface area (Å²) in [5.74, 6) is 1.39. The zero-order valence-electron chi connectivity index (χ0n) is 14.5. The van der Waals surface area contributed by atoms with Crippen LogP contribution in [0.25, 0.3) is 0 Å². The van der Waals surface area contributed by atoms with Crippen molar-refractivity contribution in [3.05, 3.63) is 58.5 Å². The number of amides is 1. The number of pyridine rings is 1. The number of nitrogens with zero attached hydrogens (tertiary/aromatic N) is 2. The number of para-hydroxylation sites is 2. The number of methoxy groups -OCH3 is 1. The van der Waals surface area contributed by atoms with E-state index in [0.717, 1.165) is 18.6 Å². The van der Waals surface area contributed by atoms with E-state index in [-0.39, 0.29) is 17.6 Å². The number of aromatic nitrogens is 1. The Bertz CT molecular complexity index is 807. The first-order valence-electron chi connectivity index (χ1n) is 8.34. The largest absolute Gasteiger partial charge is 0.493 e. The number of benzene rings is 1. The van der Waals surface area contributed by atoms with Crippen LogP contribution in [0.15, 0.2) is 47.4 Å². The summed E-state index contributed by atoms with van der Waals surface area (Å²) in [5.41, 5.74) is 0.409. The molecule has 0 radical (unpaired) electrons. The zero-order valence-corrected chi connectivity index (χ0v) is 14.5. The third kappa shape index (κ3) is 3.84. The van der Waals surface area contributed by atoms with Gasteiger partial charge in [0.1, 0.15) is 6.10 Å². The lowest BCUT2D eigenvalue weighted by molar-refractivity contribution is 0.0590. The predicted molar refractivity (Wildman–Crippen MR) is 94.2 cm³/mol. The van der Waals surface area contributed by atoms with Crippen molar-refractivity contribution in [3.8, 4) is 11.5 Å². The van der Waals surface area contributed by atoms with Gasteiger partial charge in [-0.05, 0) is 18.2 Å². The molecule has 1 aromatic heterocycles. The minimum Gasteiger partial charge on any atom is -0.493 e. The van der Waals surface area contributed by atoms with E-state index in [4.69, 9.17) is 9.47 Å². The molecule has 2 heterocycles. The molecule has 6 nitrogen and oxygen atoms in total. The van der Waals surface area contributed by atoms with Gasteiger partial charge < -0.3 is 18.9 Å². The molecule has 1 aliphatic heterocycles. The van der Waals surface area contributed by atoms with Crippen LogP contribution < -0.4 is 15.0 Å². The normalized spacial score (nSPS) is 15.0. The third-order valence-electron chi connectivity index (χ3n) is 4.42. The van der Waals surface area contributed by atoms with Crippen molar-refractivity contribution in [3.63, 3.8) is 0 Å². The number of likely N-dealkylation sites (tertiary alicyclic amines) is 1. The summed E-state index contributed by atoms with van der Waals surface area (Å²) >= 11 is 0. The van der Waals surface area contributed by atoms with E-state index in [1.807, 2.05) is 29.2 Å². The molecule has 0 aliphatic carbocycles. The molecule has 1 fully saturated rings. The number of hydrogen-bond donors (Lipinski definition) is 0. The van der Waals surface area contributed by atoms with Crippen molar-refractivity contribution < 1.29 is 14.3 Å². The van der Waals surface area contributed by atoms with Crippen LogP contribution in [0.3, 0.4) is 0 Å². The van der Waals surface area contributed by atoms with Gasteiger partial charge in [-0.15, -0.1) is 0 Å². The van der Waals surface area contributed by atoms with Gasteiger partial charge in [0, 0.05) is 45.2 Å². The molecule has 1 aromatic carbocycles. The minimum atomic E-state index is -0.125. The van der Waals surface area contributed by atoms with Crippen molar-refractivity contribution in [1.29, 1.82) is 0 Å². The van der Waals surface area contributed by atoms with Crippen LogP contribution in [0, 0.1) is 0 Å². The lowest BCUT2D eigenvalue weighted by atomic mass is 10.1. The van der Waals surface area contributed by atoms with Gasteiger partial charge in [-0.25, -0.2) is 0 Å². The second-order valence-electron chi connectivity index (χ2n) is 6.13. The summed E-state index contributed by atoms with van der Waals surface area (Å²) < 4.78 is 12.8. The van der Waals surface area contributed by atoms with Gasteiger partial charge in [-0.2, -0.15) is 0 Å². The first kappa shape index (κ1) is 17.1. The summed E-state index contributed by atoms with van der Waals surface area (Å²) in [5, 5.41) is 0. The second kappa shape index (κ2) is 7.42. The van der Waals surface area contributed by atoms with E-state index in [0.29, 0.717) is 24.4 Å². The highest BCUT2D eigenvalue weighted by Gasteiger charge is 2.25. The average molecular weight is 342 g/mol. The fraction of sp³-hybridized carbons (Fsp3) is 0.368. The van der Waals surface area contributed by atoms with E-state index in [1.54, 1.807) is 26.4 Å². The molecule has 6 heteroatoms. The van der Waals surface area contributed by atoms with E-state index >= 15 is 0 Å². The fourth-order valence-electron chi connectivity index (χ4n) is 2.98. The molecule has 0 saturated carbocycles.